The summed E-state index contributed by atoms with van der Waals surface area (Å²) in [6, 6.07) is 0. The van der Waals surface area contributed by atoms with E-state index in [4.69, 9.17) is 9.47 Å². The lowest BCUT2D eigenvalue weighted by atomic mass is 9.72. The van der Waals surface area contributed by atoms with Crippen LogP contribution in [0.5, 0.6) is 0 Å². The Morgan fingerprint density at radius 3 is 2.44 bits per heavy atom. The lowest BCUT2D eigenvalue weighted by Crippen LogP contribution is -2.52. The summed E-state index contributed by atoms with van der Waals surface area (Å²) in [6.07, 6.45) is 3.58. The first-order chi connectivity index (χ1) is 7.53. The van der Waals surface area contributed by atoms with Crippen LogP contribution in [0.4, 0.5) is 0 Å². The third-order valence-electron chi connectivity index (χ3n) is 4.01. The lowest BCUT2D eigenvalue weighted by Gasteiger charge is -2.49. The monoisotopic (exact) mass is 224 g/mol. The molecule has 2 rings (SSSR count). The van der Waals surface area contributed by atoms with Crippen LogP contribution in [0.2, 0.25) is 0 Å². The summed E-state index contributed by atoms with van der Waals surface area (Å²) in [5.41, 5.74) is 1.06. The zero-order chi connectivity index (χ0) is 11.8. The fourth-order valence-corrected chi connectivity index (χ4v) is 3.13. The smallest absolute Gasteiger partial charge is 0.172 e. The minimum atomic E-state index is -0.312. The highest BCUT2D eigenvalue weighted by Gasteiger charge is 2.47. The molecular formula is C14H24O2. The van der Waals surface area contributed by atoms with E-state index in [0.717, 1.165) is 12.0 Å². The highest BCUT2D eigenvalue weighted by Crippen LogP contribution is 2.45. The lowest BCUT2D eigenvalue weighted by molar-refractivity contribution is -0.303. The summed E-state index contributed by atoms with van der Waals surface area (Å²) in [5.74, 6) is 1.56. The molecule has 1 heterocycles. The summed E-state index contributed by atoms with van der Waals surface area (Å²) in [4.78, 5) is 0. The van der Waals surface area contributed by atoms with Gasteiger partial charge in [0.25, 0.3) is 0 Å². The van der Waals surface area contributed by atoms with Crippen molar-refractivity contribution in [3.63, 3.8) is 0 Å². The van der Waals surface area contributed by atoms with Crippen LogP contribution in [-0.4, -0.2) is 19.0 Å². The molecule has 0 unspecified atom stereocenters. The van der Waals surface area contributed by atoms with Crippen LogP contribution in [-0.2, 0) is 9.47 Å². The molecule has 0 N–H and O–H groups in total. The second-order valence-electron chi connectivity index (χ2n) is 5.88. The molecule has 1 saturated carbocycles. The van der Waals surface area contributed by atoms with Gasteiger partial charge in [-0.2, -0.15) is 0 Å². The Bertz CT molecular complexity index is 260. The molecule has 92 valence electrons. The Hall–Kier alpha value is -0.340. The first kappa shape index (κ1) is 12.1. The van der Waals surface area contributed by atoms with Gasteiger partial charge in [-0.1, -0.05) is 33.8 Å². The van der Waals surface area contributed by atoms with E-state index in [9.17, 15) is 0 Å². The molecule has 2 nitrogen and oxygen atoms in total. The van der Waals surface area contributed by atoms with E-state index in [2.05, 4.69) is 27.4 Å². The van der Waals surface area contributed by atoms with Gasteiger partial charge in [-0.3, -0.25) is 0 Å². The summed E-state index contributed by atoms with van der Waals surface area (Å²) in [7, 11) is 0. The third-order valence-corrected chi connectivity index (χ3v) is 4.01. The molecule has 2 aliphatic rings. The molecule has 0 amide bonds. The molecule has 0 aromatic rings. The number of hydrogen-bond acceptors (Lipinski definition) is 2. The fourth-order valence-electron chi connectivity index (χ4n) is 3.13. The Morgan fingerprint density at radius 2 is 1.88 bits per heavy atom. The summed E-state index contributed by atoms with van der Waals surface area (Å²) >= 11 is 0. The Morgan fingerprint density at radius 1 is 1.25 bits per heavy atom. The zero-order valence-corrected chi connectivity index (χ0v) is 10.8. The van der Waals surface area contributed by atoms with Crippen LogP contribution in [0.1, 0.15) is 40.0 Å². The minimum Gasteiger partial charge on any atom is -0.345 e. The molecular weight excluding hydrogens is 200 g/mol. The largest absolute Gasteiger partial charge is 0.345 e. The zero-order valence-electron chi connectivity index (χ0n) is 10.8. The molecule has 0 aromatic carbocycles. The molecule has 16 heavy (non-hydrogen) atoms. The molecule has 1 spiro atoms. The van der Waals surface area contributed by atoms with Crippen molar-refractivity contribution in [1.29, 1.82) is 0 Å². The summed E-state index contributed by atoms with van der Waals surface area (Å²) in [5, 5.41) is 0. The van der Waals surface area contributed by atoms with Crippen molar-refractivity contribution >= 4 is 0 Å². The molecule has 0 radical (unpaired) electrons. The van der Waals surface area contributed by atoms with Gasteiger partial charge < -0.3 is 9.47 Å². The van der Waals surface area contributed by atoms with Crippen LogP contribution < -0.4 is 0 Å². The maximum atomic E-state index is 6.04. The Labute approximate surface area is 99.0 Å². The van der Waals surface area contributed by atoms with Gasteiger partial charge in [0, 0.05) is 12.3 Å². The molecule has 0 bridgehead atoms. The van der Waals surface area contributed by atoms with Gasteiger partial charge in [0.1, 0.15) is 0 Å². The second-order valence-corrected chi connectivity index (χ2v) is 5.88. The van der Waals surface area contributed by atoms with Crippen molar-refractivity contribution in [1.82, 2.24) is 0 Å². The first-order valence-corrected chi connectivity index (χ1v) is 6.48. The normalized spacial score (nSPS) is 34.6. The standard InChI is InChI=1S/C14H24O2/c1-10(2)13-6-5-11(3)7-14(13)15-8-12(4)9-16-14/h10-11,13H,4-9H2,1-3H3/t11-,13+/m1/s1. The van der Waals surface area contributed by atoms with Crippen molar-refractivity contribution in [2.45, 2.75) is 45.8 Å². The van der Waals surface area contributed by atoms with Crippen LogP contribution in [0.25, 0.3) is 0 Å². The third kappa shape index (κ3) is 2.18. The van der Waals surface area contributed by atoms with Crippen molar-refractivity contribution in [3.8, 4) is 0 Å². The number of hydrogen-bond donors (Lipinski definition) is 0. The van der Waals surface area contributed by atoms with Crippen LogP contribution in [0.3, 0.4) is 0 Å². The van der Waals surface area contributed by atoms with Crippen LogP contribution in [0.15, 0.2) is 12.2 Å². The van der Waals surface area contributed by atoms with Crippen molar-refractivity contribution in [2.24, 2.45) is 17.8 Å². The minimum absolute atomic E-state index is 0.312. The molecule has 1 aliphatic carbocycles. The van der Waals surface area contributed by atoms with E-state index in [-0.39, 0.29) is 5.79 Å². The SMILES string of the molecule is C=C1COC2(C[C@H](C)CC[C@H]2C(C)C)OC1. The van der Waals surface area contributed by atoms with Gasteiger partial charge in [-0.25, -0.2) is 0 Å². The highest BCUT2D eigenvalue weighted by atomic mass is 16.7. The van der Waals surface area contributed by atoms with E-state index in [1.54, 1.807) is 0 Å². The van der Waals surface area contributed by atoms with Gasteiger partial charge in [-0.15, -0.1) is 0 Å². The predicted molar refractivity (Wildman–Crippen MR) is 65.1 cm³/mol. The fraction of sp³-hybridized carbons (Fsp3) is 0.857. The molecule has 2 fully saturated rings. The van der Waals surface area contributed by atoms with Crippen molar-refractivity contribution < 1.29 is 9.47 Å². The van der Waals surface area contributed by atoms with E-state index in [1.165, 1.54) is 12.8 Å². The number of rotatable bonds is 1. The summed E-state index contributed by atoms with van der Waals surface area (Å²) < 4.78 is 12.1. The maximum Gasteiger partial charge on any atom is 0.172 e. The van der Waals surface area contributed by atoms with Gasteiger partial charge in [-0.05, 0) is 23.8 Å². The number of ether oxygens (including phenoxy) is 2. The predicted octanol–water partition coefficient (Wildman–Crippen LogP) is 3.38. The van der Waals surface area contributed by atoms with E-state index in [1.807, 2.05) is 0 Å². The molecule has 1 aliphatic heterocycles. The van der Waals surface area contributed by atoms with Crippen molar-refractivity contribution in [2.75, 3.05) is 13.2 Å². The maximum absolute atomic E-state index is 6.04. The first-order valence-electron chi connectivity index (χ1n) is 6.48. The molecule has 2 heteroatoms. The topological polar surface area (TPSA) is 18.5 Å². The Kier molecular flexibility index (Phi) is 3.41. The van der Waals surface area contributed by atoms with E-state index >= 15 is 0 Å². The summed E-state index contributed by atoms with van der Waals surface area (Å²) in [6.45, 7) is 12.1. The average Bonchev–Trinajstić information content (AvgIpc) is 2.22. The van der Waals surface area contributed by atoms with Gasteiger partial charge >= 0.3 is 0 Å². The Balaban J connectivity index is 2.15. The second kappa shape index (κ2) is 4.50. The van der Waals surface area contributed by atoms with Gasteiger partial charge in [0.05, 0.1) is 13.2 Å². The molecule has 2 atom stereocenters. The van der Waals surface area contributed by atoms with E-state index in [0.29, 0.717) is 31.0 Å². The average molecular weight is 224 g/mol. The molecule has 1 saturated heterocycles. The van der Waals surface area contributed by atoms with Gasteiger partial charge in [0.15, 0.2) is 5.79 Å². The quantitative estimate of drug-likeness (QED) is 0.636. The van der Waals surface area contributed by atoms with E-state index < -0.39 is 0 Å². The van der Waals surface area contributed by atoms with Crippen LogP contribution in [0, 0.1) is 17.8 Å². The highest BCUT2D eigenvalue weighted by molar-refractivity contribution is 5.01. The molecule has 0 aromatic heterocycles. The van der Waals surface area contributed by atoms with Gasteiger partial charge in [0.2, 0.25) is 0 Å². The van der Waals surface area contributed by atoms with Crippen molar-refractivity contribution in [3.05, 3.63) is 12.2 Å². The van der Waals surface area contributed by atoms with Crippen LogP contribution >= 0.6 is 0 Å².